The van der Waals surface area contributed by atoms with Crippen LogP contribution in [0.1, 0.15) is 43.0 Å². The van der Waals surface area contributed by atoms with E-state index in [1.807, 2.05) is 0 Å². The zero-order valence-corrected chi connectivity index (χ0v) is 15.2. The average molecular weight is 378 g/mol. The topological polar surface area (TPSA) is 113 Å². The molecule has 2 aliphatic rings. The van der Waals surface area contributed by atoms with Crippen LogP contribution in [0, 0.1) is 0 Å². The van der Waals surface area contributed by atoms with Crippen molar-refractivity contribution in [3.8, 4) is 0 Å². The number of imide groups is 1. The van der Waals surface area contributed by atoms with Gasteiger partial charge in [0.1, 0.15) is 6.04 Å². The molecule has 1 aliphatic heterocycles. The highest BCUT2D eigenvalue weighted by Crippen LogP contribution is 2.25. The third-order valence-corrected chi connectivity index (χ3v) is 5.83. The van der Waals surface area contributed by atoms with Crippen LogP contribution in [0.15, 0.2) is 17.5 Å². The molecule has 0 spiro atoms. The van der Waals surface area contributed by atoms with Crippen LogP contribution in [0.2, 0.25) is 0 Å². The van der Waals surface area contributed by atoms with Crippen LogP contribution < -0.4 is 11.1 Å². The number of hydrogen-bond donors (Lipinski definition) is 2. The predicted octanol–water partition coefficient (Wildman–Crippen LogP) is 0.988. The van der Waals surface area contributed by atoms with Gasteiger partial charge >= 0.3 is 17.8 Å². The molecule has 1 saturated heterocycles. The molecule has 2 heterocycles. The van der Waals surface area contributed by atoms with Crippen LogP contribution in [0.4, 0.5) is 4.79 Å². The van der Waals surface area contributed by atoms with E-state index in [0.29, 0.717) is 11.4 Å². The van der Waals surface area contributed by atoms with Crippen LogP contribution >= 0.6 is 11.3 Å². The van der Waals surface area contributed by atoms with E-state index in [9.17, 15) is 19.2 Å². The first kappa shape index (κ1) is 18.4. The third-order valence-electron chi connectivity index (χ3n) is 4.89. The number of urea groups is 1. The van der Waals surface area contributed by atoms with Crippen molar-refractivity contribution < 1.29 is 19.2 Å². The van der Waals surface area contributed by atoms with E-state index in [-0.39, 0.29) is 12.6 Å². The number of nitrogens with one attached hydrogen (secondary N) is 1. The molecule has 9 heteroatoms. The second kappa shape index (κ2) is 7.86. The lowest BCUT2D eigenvalue weighted by atomic mass is 9.93. The average Bonchev–Trinajstić information content (AvgIpc) is 3.16. The molecule has 0 radical (unpaired) electrons. The number of carbonyl (C=O) groups excluding carboxylic acids is 4. The molecule has 8 nitrogen and oxygen atoms in total. The molecule has 1 aromatic heterocycles. The highest BCUT2D eigenvalue weighted by atomic mass is 32.1. The Labute approximate surface area is 155 Å². The SMILES string of the molecule is NC(=O)C(NC(=O)N1CCN(C2CCCCC2)C(=O)C1=O)c1cccs1. The number of amides is 5. The largest absolute Gasteiger partial charge is 0.368 e. The molecule has 1 aliphatic carbocycles. The normalized spacial score (nSPS) is 20.2. The first-order chi connectivity index (χ1) is 12.5. The van der Waals surface area contributed by atoms with Gasteiger partial charge in [0.2, 0.25) is 5.91 Å². The van der Waals surface area contributed by atoms with Gasteiger partial charge in [-0.1, -0.05) is 25.3 Å². The lowest BCUT2D eigenvalue weighted by Gasteiger charge is -2.39. The third kappa shape index (κ3) is 3.72. The van der Waals surface area contributed by atoms with Crippen molar-refractivity contribution in [3.05, 3.63) is 22.4 Å². The molecule has 3 rings (SSSR count). The number of hydrogen-bond acceptors (Lipinski definition) is 5. The van der Waals surface area contributed by atoms with E-state index in [1.54, 1.807) is 22.4 Å². The number of carbonyl (C=O) groups is 4. The molecule has 1 aromatic rings. The van der Waals surface area contributed by atoms with Gasteiger partial charge in [0.25, 0.3) is 0 Å². The van der Waals surface area contributed by atoms with Gasteiger partial charge in [0.05, 0.1) is 0 Å². The number of nitrogens with zero attached hydrogens (tertiary/aromatic N) is 2. The molecular formula is C17H22N4O4S. The van der Waals surface area contributed by atoms with Crippen molar-refractivity contribution in [2.24, 2.45) is 5.73 Å². The number of nitrogens with two attached hydrogens (primary N) is 1. The van der Waals surface area contributed by atoms with Gasteiger partial charge in [-0.15, -0.1) is 11.3 Å². The second-order valence-corrected chi connectivity index (χ2v) is 7.53. The first-order valence-corrected chi connectivity index (χ1v) is 9.62. The van der Waals surface area contributed by atoms with E-state index in [0.717, 1.165) is 37.0 Å². The van der Waals surface area contributed by atoms with Crippen LogP contribution in [0.25, 0.3) is 0 Å². The summed E-state index contributed by atoms with van der Waals surface area (Å²) in [7, 11) is 0. The summed E-state index contributed by atoms with van der Waals surface area (Å²) < 4.78 is 0. The van der Waals surface area contributed by atoms with E-state index in [2.05, 4.69) is 5.32 Å². The minimum atomic E-state index is -1.03. The quantitative estimate of drug-likeness (QED) is 0.761. The Balaban J connectivity index is 1.66. The van der Waals surface area contributed by atoms with Crippen molar-refractivity contribution in [1.29, 1.82) is 0 Å². The maximum absolute atomic E-state index is 12.5. The zero-order chi connectivity index (χ0) is 18.7. The summed E-state index contributed by atoms with van der Waals surface area (Å²) in [5, 5.41) is 4.22. The monoisotopic (exact) mass is 378 g/mol. The molecule has 140 valence electrons. The predicted molar refractivity (Wildman–Crippen MR) is 95.1 cm³/mol. The summed E-state index contributed by atoms with van der Waals surface area (Å²) in [4.78, 5) is 52.0. The zero-order valence-electron chi connectivity index (χ0n) is 14.3. The fraction of sp³-hybridized carbons (Fsp3) is 0.529. The molecule has 2 fully saturated rings. The number of piperazine rings is 1. The summed E-state index contributed by atoms with van der Waals surface area (Å²) in [5.74, 6) is -2.22. The maximum atomic E-state index is 12.5. The van der Waals surface area contributed by atoms with Crippen LogP contribution in [-0.2, 0) is 14.4 Å². The molecule has 0 aromatic carbocycles. The lowest BCUT2D eigenvalue weighted by Crippen LogP contribution is -2.61. The Morgan fingerprint density at radius 1 is 1.15 bits per heavy atom. The molecule has 1 saturated carbocycles. The Bertz CT molecular complexity index is 700. The van der Waals surface area contributed by atoms with Crippen LogP contribution in [0.5, 0.6) is 0 Å². The number of primary amides is 1. The van der Waals surface area contributed by atoms with Crippen molar-refractivity contribution in [2.75, 3.05) is 13.1 Å². The summed E-state index contributed by atoms with van der Waals surface area (Å²) in [6, 6.07) is 1.69. The highest BCUT2D eigenvalue weighted by molar-refractivity contribution is 7.10. The van der Waals surface area contributed by atoms with E-state index in [1.165, 1.54) is 11.3 Å². The highest BCUT2D eigenvalue weighted by Gasteiger charge is 2.40. The number of rotatable bonds is 4. The molecular weight excluding hydrogens is 356 g/mol. The van der Waals surface area contributed by atoms with Gasteiger partial charge in [-0.25, -0.2) is 4.79 Å². The first-order valence-electron chi connectivity index (χ1n) is 8.74. The Morgan fingerprint density at radius 2 is 1.88 bits per heavy atom. The Morgan fingerprint density at radius 3 is 2.50 bits per heavy atom. The maximum Gasteiger partial charge on any atom is 0.325 e. The van der Waals surface area contributed by atoms with Crippen molar-refractivity contribution in [2.45, 2.75) is 44.2 Å². The summed E-state index contributed by atoms with van der Waals surface area (Å²) in [6.07, 6.45) is 5.04. The second-order valence-electron chi connectivity index (χ2n) is 6.55. The van der Waals surface area contributed by atoms with Crippen molar-refractivity contribution >= 4 is 35.1 Å². The van der Waals surface area contributed by atoms with Gasteiger partial charge in [0.15, 0.2) is 0 Å². The van der Waals surface area contributed by atoms with Crippen LogP contribution in [-0.4, -0.2) is 52.7 Å². The Hall–Kier alpha value is -2.42. The van der Waals surface area contributed by atoms with Crippen molar-refractivity contribution in [3.63, 3.8) is 0 Å². The minimum Gasteiger partial charge on any atom is -0.368 e. The molecule has 1 atom stereocenters. The standard InChI is InChI=1S/C17H22N4O4S/c18-14(22)13(12-7-4-10-26-12)19-17(25)21-9-8-20(15(23)16(21)24)11-5-2-1-3-6-11/h4,7,10-11,13H,1-3,5-6,8-9H2,(H2,18,22)(H,19,25). The minimum absolute atomic E-state index is 0.0786. The molecule has 0 bridgehead atoms. The summed E-state index contributed by atoms with van der Waals surface area (Å²) in [5.41, 5.74) is 5.36. The molecule has 3 N–H and O–H groups in total. The van der Waals surface area contributed by atoms with E-state index in [4.69, 9.17) is 5.73 Å². The van der Waals surface area contributed by atoms with Gasteiger partial charge in [-0.2, -0.15) is 0 Å². The lowest BCUT2D eigenvalue weighted by molar-refractivity contribution is -0.156. The van der Waals surface area contributed by atoms with Crippen molar-refractivity contribution in [1.82, 2.24) is 15.1 Å². The smallest absolute Gasteiger partial charge is 0.325 e. The molecule has 5 amide bonds. The fourth-order valence-corrected chi connectivity index (χ4v) is 4.31. The summed E-state index contributed by atoms with van der Waals surface area (Å²) in [6.45, 7) is 0.436. The summed E-state index contributed by atoms with van der Waals surface area (Å²) >= 11 is 1.27. The van der Waals surface area contributed by atoms with E-state index >= 15 is 0 Å². The van der Waals surface area contributed by atoms with E-state index < -0.39 is 29.8 Å². The molecule has 26 heavy (non-hydrogen) atoms. The Kier molecular flexibility index (Phi) is 5.55. The van der Waals surface area contributed by atoms with Crippen LogP contribution in [0.3, 0.4) is 0 Å². The molecule has 1 unspecified atom stereocenters. The fourth-order valence-electron chi connectivity index (χ4n) is 3.52. The van der Waals surface area contributed by atoms with Gasteiger partial charge in [0, 0.05) is 24.0 Å². The number of thiophene rings is 1. The van der Waals surface area contributed by atoms with Gasteiger partial charge in [-0.05, 0) is 24.3 Å². The van der Waals surface area contributed by atoms with Gasteiger partial charge in [-0.3, -0.25) is 19.3 Å². The van der Waals surface area contributed by atoms with Gasteiger partial charge < -0.3 is 16.0 Å².